The van der Waals surface area contributed by atoms with Gasteiger partial charge in [0.25, 0.3) is 0 Å². The monoisotopic (exact) mass is 165 g/mol. The van der Waals surface area contributed by atoms with E-state index in [2.05, 4.69) is 26.0 Å². The lowest BCUT2D eigenvalue weighted by Gasteiger charge is -2.18. The van der Waals surface area contributed by atoms with Gasteiger partial charge in [-0.25, -0.2) is 0 Å². The van der Waals surface area contributed by atoms with Crippen LogP contribution >= 0.6 is 0 Å². The summed E-state index contributed by atoms with van der Waals surface area (Å²) in [5.74, 6) is 0.739. The van der Waals surface area contributed by atoms with E-state index in [0.717, 1.165) is 25.3 Å². The van der Waals surface area contributed by atoms with Gasteiger partial charge in [0.15, 0.2) is 0 Å². The van der Waals surface area contributed by atoms with Gasteiger partial charge in [0.05, 0.1) is 0 Å². The SMILES string of the molecule is CC1=C(CCCN)C=CCC1C. The molecule has 0 bridgehead atoms. The highest BCUT2D eigenvalue weighted by atomic mass is 14.5. The Bertz CT molecular complexity index is 201. The Labute approximate surface area is 75.3 Å². The second kappa shape index (κ2) is 4.46. The van der Waals surface area contributed by atoms with E-state index in [0.29, 0.717) is 0 Å². The predicted octanol–water partition coefficient (Wildman–Crippen LogP) is 2.64. The predicted molar refractivity (Wildman–Crippen MR) is 53.9 cm³/mol. The smallest absolute Gasteiger partial charge is 0.00741 e. The van der Waals surface area contributed by atoms with Gasteiger partial charge in [-0.1, -0.05) is 24.6 Å². The average Bonchev–Trinajstić information content (AvgIpc) is 2.08. The van der Waals surface area contributed by atoms with Crippen LogP contribution in [-0.2, 0) is 0 Å². The first kappa shape index (κ1) is 9.53. The minimum atomic E-state index is 0.739. The molecular formula is C11H19N. The third-order valence-electron chi connectivity index (χ3n) is 2.70. The van der Waals surface area contributed by atoms with Crippen LogP contribution in [0.4, 0.5) is 0 Å². The van der Waals surface area contributed by atoms with Gasteiger partial charge in [-0.2, -0.15) is 0 Å². The van der Waals surface area contributed by atoms with Crippen molar-refractivity contribution in [1.82, 2.24) is 0 Å². The maximum Gasteiger partial charge on any atom is -0.00741 e. The molecule has 0 saturated carbocycles. The Kier molecular flexibility index (Phi) is 3.54. The molecule has 0 amide bonds. The number of nitrogens with two attached hydrogens (primary N) is 1. The average molecular weight is 165 g/mol. The fourth-order valence-electron chi connectivity index (χ4n) is 1.61. The van der Waals surface area contributed by atoms with E-state index in [9.17, 15) is 0 Å². The Morgan fingerprint density at radius 2 is 2.33 bits per heavy atom. The highest BCUT2D eigenvalue weighted by Crippen LogP contribution is 2.26. The van der Waals surface area contributed by atoms with Crippen molar-refractivity contribution in [3.63, 3.8) is 0 Å². The normalized spacial score (nSPS) is 23.4. The summed E-state index contributed by atoms with van der Waals surface area (Å²) in [4.78, 5) is 0. The molecule has 0 heterocycles. The van der Waals surface area contributed by atoms with Crippen LogP contribution in [-0.4, -0.2) is 6.54 Å². The van der Waals surface area contributed by atoms with E-state index in [-0.39, 0.29) is 0 Å². The van der Waals surface area contributed by atoms with Crippen molar-refractivity contribution in [3.8, 4) is 0 Å². The lowest BCUT2D eigenvalue weighted by Crippen LogP contribution is -2.05. The fourth-order valence-corrected chi connectivity index (χ4v) is 1.61. The Morgan fingerprint density at radius 3 is 3.00 bits per heavy atom. The first-order valence-electron chi connectivity index (χ1n) is 4.82. The van der Waals surface area contributed by atoms with Crippen LogP contribution in [0.25, 0.3) is 0 Å². The molecule has 0 fully saturated rings. The van der Waals surface area contributed by atoms with Crippen molar-refractivity contribution in [3.05, 3.63) is 23.3 Å². The third kappa shape index (κ3) is 2.21. The van der Waals surface area contributed by atoms with Gasteiger partial charge >= 0.3 is 0 Å². The first-order chi connectivity index (χ1) is 5.75. The zero-order valence-electron chi connectivity index (χ0n) is 8.14. The molecule has 0 aromatic heterocycles. The molecule has 0 spiro atoms. The zero-order valence-corrected chi connectivity index (χ0v) is 8.14. The second-order valence-electron chi connectivity index (χ2n) is 3.64. The molecule has 1 atom stereocenters. The summed E-state index contributed by atoms with van der Waals surface area (Å²) in [6.45, 7) is 5.35. The van der Waals surface area contributed by atoms with E-state index in [4.69, 9.17) is 5.73 Å². The molecule has 1 aliphatic carbocycles. The Morgan fingerprint density at radius 1 is 1.58 bits per heavy atom. The van der Waals surface area contributed by atoms with Crippen molar-refractivity contribution in [1.29, 1.82) is 0 Å². The molecule has 12 heavy (non-hydrogen) atoms. The molecule has 0 aromatic carbocycles. The molecule has 1 rings (SSSR count). The van der Waals surface area contributed by atoms with Crippen LogP contribution in [0.3, 0.4) is 0 Å². The standard InChI is InChI=1S/C11H19N/c1-9-5-3-6-11(10(9)2)7-4-8-12/h3,6,9H,4-5,7-8,12H2,1-2H3. The maximum atomic E-state index is 5.48. The topological polar surface area (TPSA) is 26.0 Å². The molecule has 0 aliphatic heterocycles. The molecule has 2 N–H and O–H groups in total. The summed E-state index contributed by atoms with van der Waals surface area (Å²) < 4.78 is 0. The zero-order chi connectivity index (χ0) is 8.97. The molecule has 0 radical (unpaired) electrons. The van der Waals surface area contributed by atoms with Crippen molar-refractivity contribution < 1.29 is 0 Å². The summed E-state index contributed by atoms with van der Waals surface area (Å²) in [6, 6.07) is 0. The fraction of sp³-hybridized carbons (Fsp3) is 0.636. The molecule has 0 saturated heterocycles. The van der Waals surface area contributed by atoms with Crippen LogP contribution in [0.15, 0.2) is 23.3 Å². The van der Waals surface area contributed by atoms with Crippen molar-refractivity contribution >= 4 is 0 Å². The lowest BCUT2D eigenvalue weighted by molar-refractivity contribution is 0.664. The van der Waals surface area contributed by atoms with Crippen molar-refractivity contribution in [2.24, 2.45) is 11.7 Å². The molecule has 68 valence electrons. The quantitative estimate of drug-likeness (QED) is 0.683. The van der Waals surface area contributed by atoms with Crippen molar-refractivity contribution in [2.45, 2.75) is 33.1 Å². The van der Waals surface area contributed by atoms with E-state index in [1.165, 1.54) is 12.0 Å². The van der Waals surface area contributed by atoms with E-state index in [1.807, 2.05) is 0 Å². The number of allylic oxidation sites excluding steroid dienone is 4. The third-order valence-corrected chi connectivity index (χ3v) is 2.70. The van der Waals surface area contributed by atoms with E-state index < -0.39 is 0 Å². The molecule has 1 nitrogen and oxygen atoms in total. The van der Waals surface area contributed by atoms with Gasteiger partial charge in [-0.3, -0.25) is 0 Å². The number of rotatable bonds is 3. The summed E-state index contributed by atoms with van der Waals surface area (Å²) in [6.07, 6.45) is 8.03. The highest BCUT2D eigenvalue weighted by molar-refractivity contribution is 5.29. The molecule has 1 aliphatic rings. The van der Waals surface area contributed by atoms with E-state index in [1.54, 1.807) is 5.57 Å². The Balaban J connectivity index is 2.59. The molecular weight excluding hydrogens is 146 g/mol. The number of hydrogen-bond acceptors (Lipinski definition) is 1. The van der Waals surface area contributed by atoms with Crippen LogP contribution in [0.5, 0.6) is 0 Å². The molecule has 1 unspecified atom stereocenters. The van der Waals surface area contributed by atoms with Gasteiger partial charge in [-0.15, -0.1) is 0 Å². The van der Waals surface area contributed by atoms with Gasteiger partial charge in [-0.05, 0) is 44.2 Å². The van der Waals surface area contributed by atoms with E-state index >= 15 is 0 Å². The minimum absolute atomic E-state index is 0.739. The number of hydrogen-bond donors (Lipinski definition) is 1. The summed E-state index contributed by atoms with van der Waals surface area (Å²) in [7, 11) is 0. The second-order valence-corrected chi connectivity index (χ2v) is 3.64. The largest absolute Gasteiger partial charge is 0.330 e. The highest BCUT2D eigenvalue weighted by Gasteiger charge is 2.10. The van der Waals surface area contributed by atoms with Crippen LogP contribution < -0.4 is 5.73 Å². The summed E-state index contributed by atoms with van der Waals surface area (Å²) in [5.41, 5.74) is 8.55. The van der Waals surface area contributed by atoms with Gasteiger partial charge in [0.2, 0.25) is 0 Å². The lowest BCUT2D eigenvalue weighted by atomic mass is 9.88. The van der Waals surface area contributed by atoms with Crippen molar-refractivity contribution in [2.75, 3.05) is 6.54 Å². The van der Waals surface area contributed by atoms with Crippen LogP contribution in [0, 0.1) is 5.92 Å². The van der Waals surface area contributed by atoms with Crippen LogP contribution in [0.2, 0.25) is 0 Å². The first-order valence-corrected chi connectivity index (χ1v) is 4.82. The minimum Gasteiger partial charge on any atom is -0.330 e. The molecule has 1 heteroatoms. The summed E-state index contributed by atoms with van der Waals surface area (Å²) >= 11 is 0. The Hall–Kier alpha value is -0.560. The van der Waals surface area contributed by atoms with Gasteiger partial charge < -0.3 is 5.73 Å². The molecule has 0 aromatic rings. The van der Waals surface area contributed by atoms with Crippen LogP contribution in [0.1, 0.15) is 33.1 Å². The van der Waals surface area contributed by atoms with Gasteiger partial charge in [0.1, 0.15) is 0 Å². The van der Waals surface area contributed by atoms with Gasteiger partial charge in [0, 0.05) is 0 Å². The maximum absolute atomic E-state index is 5.48. The summed E-state index contributed by atoms with van der Waals surface area (Å²) in [5, 5.41) is 0.